The lowest BCUT2D eigenvalue weighted by atomic mass is 9.99. The molecular formula is C27H25NO3. The predicted molar refractivity (Wildman–Crippen MR) is 125 cm³/mol. The number of hydrogen-bond acceptors (Lipinski definition) is 3. The highest BCUT2D eigenvalue weighted by Gasteiger charge is 2.16. The van der Waals surface area contributed by atoms with Crippen molar-refractivity contribution in [2.24, 2.45) is 0 Å². The van der Waals surface area contributed by atoms with Crippen LogP contribution in [0.1, 0.15) is 42.3 Å². The first-order valence-electron chi connectivity index (χ1n) is 10.5. The average Bonchev–Trinajstić information content (AvgIpc) is 3.10. The fourth-order valence-corrected chi connectivity index (χ4v) is 3.88. The lowest BCUT2D eigenvalue weighted by molar-refractivity contribution is -0.130. The number of fused-ring (bicyclic) bond motifs is 3. The Morgan fingerprint density at radius 3 is 2.10 bits per heavy atom. The smallest absolute Gasteiger partial charge is 0.338 e. The molecule has 156 valence electrons. The highest BCUT2D eigenvalue weighted by atomic mass is 16.5. The number of carbonyl (C=O) groups is 2. The van der Waals surface area contributed by atoms with E-state index >= 15 is 0 Å². The minimum atomic E-state index is -0.454. The minimum absolute atomic E-state index is 0.00758. The summed E-state index contributed by atoms with van der Waals surface area (Å²) in [5.74, 6) is -0.000624. The summed E-state index contributed by atoms with van der Waals surface area (Å²) in [5, 5.41) is 1.90. The maximum absolute atomic E-state index is 13.1. The van der Waals surface area contributed by atoms with Crippen LogP contribution in [0.15, 0.2) is 72.8 Å². The number of benzene rings is 3. The monoisotopic (exact) mass is 411 g/mol. The van der Waals surface area contributed by atoms with Gasteiger partial charge in [-0.3, -0.25) is 4.79 Å². The van der Waals surface area contributed by atoms with E-state index in [1.165, 1.54) is 5.56 Å². The first kappa shape index (κ1) is 20.6. The van der Waals surface area contributed by atoms with Gasteiger partial charge < -0.3 is 9.30 Å². The largest absolute Gasteiger partial charge is 0.423 e. The van der Waals surface area contributed by atoms with E-state index in [-0.39, 0.29) is 5.78 Å². The molecule has 4 heteroatoms. The standard InChI is InChI=1S/C27H25NO3/c1-5-18-7-9-19(10-8-18)26(29)20-11-13-24-22(15-20)23-16-21(31-27(30)17(3)4)12-14-25(23)28(24)6-2/h7-16H,3,5-6H2,1-2,4H3. The van der Waals surface area contributed by atoms with Gasteiger partial charge in [-0.1, -0.05) is 37.8 Å². The van der Waals surface area contributed by atoms with Gasteiger partial charge in [-0.05, 0) is 62.2 Å². The summed E-state index contributed by atoms with van der Waals surface area (Å²) < 4.78 is 7.62. The molecular weight excluding hydrogens is 386 g/mol. The summed E-state index contributed by atoms with van der Waals surface area (Å²) in [6, 6.07) is 19.2. The third-order valence-electron chi connectivity index (χ3n) is 5.60. The molecule has 0 spiro atoms. The SMILES string of the molecule is C=C(C)C(=O)Oc1ccc2c(c1)c1cc(C(=O)c3ccc(CC)cc3)ccc1n2CC. The van der Waals surface area contributed by atoms with E-state index in [1.807, 2.05) is 54.6 Å². The number of hydrogen-bond donors (Lipinski definition) is 0. The van der Waals surface area contributed by atoms with Gasteiger partial charge in [0.2, 0.25) is 0 Å². The molecule has 0 aliphatic rings. The molecule has 0 radical (unpaired) electrons. The second-order valence-corrected chi connectivity index (χ2v) is 7.70. The summed E-state index contributed by atoms with van der Waals surface area (Å²) >= 11 is 0. The maximum atomic E-state index is 13.1. The van der Waals surface area contributed by atoms with Crippen LogP contribution in [-0.4, -0.2) is 16.3 Å². The number of carbonyl (C=O) groups excluding carboxylic acids is 2. The second-order valence-electron chi connectivity index (χ2n) is 7.70. The van der Waals surface area contributed by atoms with E-state index in [0.29, 0.717) is 22.4 Å². The zero-order chi connectivity index (χ0) is 22.1. The second kappa shape index (κ2) is 8.23. The van der Waals surface area contributed by atoms with Crippen molar-refractivity contribution in [3.05, 3.63) is 89.5 Å². The molecule has 0 N–H and O–H groups in total. The van der Waals surface area contributed by atoms with Crippen LogP contribution >= 0.6 is 0 Å². The van der Waals surface area contributed by atoms with E-state index in [2.05, 4.69) is 25.0 Å². The van der Waals surface area contributed by atoms with Crippen molar-refractivity contribution in [3.63, 3.8) is 0 Å². The van der Waals surface area contributed by atoms with Crippen molar-refractivity contribution in [1.82, 2.24) is 4.57 Å². The fraction of sp³-hybridized carbons (Fsp3) is 0.185. The highest BCUT2D eigenvalue weighted by molar-refractivity contribution is 6.15. The predicted octanol–water partition coefficient (Wildman–Crippen LogP) is 6.09. The Hall–Kier alpha value is -3.66. The van der Waals surface area contributed by atoms with E-state index < -0.39 is 5.97 Å². The summed E-state index contributed by atoms with van der Waals surface area (Å²) in [6.07, 6.45) is 0.940. The van der Waals surface area contributed by atoms with Gasteiger partial charge in [-0.2, -0.15) is 0 Å². The normalized spacial score (nSPS) is 11.1. The van der Waals surface area contributed by atoms with Gasteiger partial charge in [0.25, 0.3) is 0 Å². The van der Waals surface area contributed by atoms with E-state index in [0.717, 1.165) is 34.8 Å². The molecule has 3 aromatic carbocycles. The van der Waals surface area contributed by atoms with Crippen LogP contribution in [0.4, 0.5) is 0 Å². The third-order valence-corrected chi connectivity index (χ3v) is 5.60. The van der Waals surface area contributed by atoms with Crippen molar-refractivity contribution >= 4 is 33.6 Å². The van der Waals surface area contributed by atoms with Gasteiger partial charge in [0.15, 0.2) is 5.78 Å². The minimum Gasteiger partial charge on any atom is -0.423 e. The molecule has 4 nitrogen and oxygen atoms in total. The molecule has 31 heavy (non-hydrogen) atoms. The summed E-state index contributed by atoms with van der Waals surface area (Å²) in [6.45, 7) is 10.2. The highest BCUT2D eigenvalue weighted by Crippen LogP contribution is 2.33. The van der Waals surface area contributed by atoms with Crippen molar-refractivity contribution < 1.29 is 14.3 Å². The number of ketones is 1. The molecule has 4 aromatic rings. The lowest BCUT2D eigenvalue weighted by Gasteiger charge is -2.05. The molecule has 0 saturated heterocycles. The Morgan fingerprint density at radius 1 is 0.871 bits per heavy atom. The van der Waals surface area contributed by atoms with E-state index in [4.69, 9.17) is 4.74 Å². The molecule has 1 aromatic heterocycles. The average molecular weight is 412 g/mol. The van der Waals surface area contributed by atoms with E-state index in [9.17, 15) is 9.59 Å². The van der Waals surface area contributed by atoms with Crippen LogP contribution in [0.3, 0.4) is 0 Å². The third kappa shape index (κ3) is 3.77. The molecule has 4 rings (SSSR count). The quantitative estimate of drug-likeness (QED) is 0.167. The Morgan fingerprint density at radius 2 is 1.48 bits per heavy atom. The molecule has 0 atom stereocenters. The number of esters is 1. The number of ether oxygens (including phenoxy) is 1. The van der Waals surface area contributed by atoms with Gasteiger partial charge in [-0.15, -0.1) is 0 Å². The molecule has 0 amide bonds. The number of nitrogens with zero attached hydrogens (tertiary/aromatic N) is 1. The molecule has 1 heterocycles. The number of aromatic nitrogens is 1. The van der Waals surface area contributed by atoms with Crippen LogP contribution in [0, 0.1) is 0 Å². The zero-order valence-corrected chi connectivity index (χ0v) is 18.1. The van der Waals surface area contributed by atoms with Gasteiger partial charge in [0.05, 0.1) is 0 Å². The van der Waals surface area contributed by atoms with Gasteiger partial charge in [0.1, 0.15) is 5.75 Å². The van der Waals surface area contributed by atoms with Crippen molar-refractivity contribution in [2.75, 3.05) is 0 Å². The van der Waals surface area contributed by atoms with Gasteiger partial charge >= 0.3 is 5.97 Å². The number of aryl methyl sites for hydroxylation is 2. The van der Waals surface area contributed by atoms with Crippen LogP contribution in [0.25, 0.3) is 21.8 Å². The molecule has 0 fully saturated rings. The van der Waals surface area contributed by atoms with Crippen LogP contribution in [0.5, 0.6) is 5.75 Å². The lowest BCUT2D eigenvalue weighted by Crippen LogP contribution is -2.07. The first-order valence-corrected chi connectivity index (χ1v) is 10.5. The Balaban J connectivity index is 1.82. The first-order chi connectivity index (χ1) is 14.9. The summed E-state index contributed by atoms with van der Waals surface area (Å²) in [5.41, 5.74) is 4.93. The van der Waals surface area contributed by atoms with Gasteiger partial charge in [-0.25, -0.2) is 4.79 Å². The Bertz CT molecular complexity index is 1330. The summed E-state index contributed by atoms with van der Waals surface area (Å²) in [4.78, 5) is 25.1. The molecule has 0 aliphatic carbocycles. The van der Waals surface area contributed by atoms with Gasteiger partial charge in [0, 0.05) is 45.1 Å². The number of rotatable bonds is 6. The van der Waals surface area contributed by atoms with Crippen molar-refractivity contribution in [2.45, 2.75) is 33.7 Å². The molecule has 0 bridgehead atoms. The molecule has 0 saturated carbocycles. The van der Waals surface area contributed by atoms with Crippen LogP contribution in [-0.2, 0) is 17.8 Å². The summed E-state index contributed by atoms with van der Waals surface area (Å²) in [7, 11) is 0. The van der Waals surface area contributed by atoms with Crippen LogP contribution < -0.4 is 4.74 Å². The molecule has 0 aliphatic heterocycles. The van der Waals surface area contributed by atoms with Crippen molar-refractivity contribution in [1.29, 1.82) is 0 Å². The Labute approximate surface area is 181 Å². The van der Waals surface area contributed by atoms with Crippen molar-refractivity contribution in [3.8, 4) is 5.75 Å². The van der Waals surface area contributed by atoms with E-state index in [1.54, 1.807) is 13.0 Å². The molecule has 0 unspecified atom stereocenters. The Kier molecular flexibility index (Phi) is 5.47. The van der Waals surface area contributed by atoms with Crippen LogP contribution in [0.2, 0.25) is 0 Å². The zero-order valence-electron chi connectivity index (χ0n) is 18.1. The maximum Gasteiger partial charge on any atom is 0.338 e. The topological polar surface area (TPSA) is 48.3 Å². The fourth-order valence-electron chi connectivity index (χ4n) is 3.88.